The number of hydrogen-bond donors (Lipinski definition) is 2. The fourth-order valence-electron chi connectivity index (χ4n) is 3.42. The van der Waals surface area contributed by atoms with E-state index in [0.29, 0.717) is 24.4 Å². The fourth-order valence-corrected chi connectivity index (χ4v) is 3.42. The van der Waals surface area contributed by atoms with E-state index >= 15 is 0 Å². The van der Waals surface area contributed by atoms with Crippen LogP contribution in [-0.4, -0.2) is 20.8 Å². The normalized spacial score (nSPS) is 21.3. The van der Waals surface area contributed by atoms with Crippen molar-refractivity contribution in [3.05, 3.63) is 51.7 Å². The maximum absolute atomic E-state index is 13.3. The van der Waals surface area contributed by atoms with E-state index in [1.165, 1.54) is 10.7 Å². The molecular formula is C16H19F3N4O. The minimum Gasteiger partial charge on any atom is -0.306 e. The molecule has 8 heteroatoms. The van der Waals surface area contributed by atoms with Crippen LogP contribution in [0.5, 0.6) is 0 Å². The molecule has 0 saturated heterocycles. The summed E-state index contributed by atoms with van der Waals surface area (Å²) in [5.41, 5.74) is -0.526. The largest absolute Gasteiger partial charge is 0.416 e. The van der Waals surface area contributed by atoms with Gasteiger partial charge in [0.1, 0.15) is 5.82 Å². The van der Waals surface area contributed by atoms with Crippen LogP contribution in [0.3, 0.4) is 0 Å². The SMILES string of the molecule is Cn1nc(CNC2CCCC2c2ccccc2C(F)(F)F)[nH]c1=O. The molecule has 2 N–H and O–H groups in total. The van der Waals surface area contributed by atoms with E-state index < -0.39 is 11.7 Å². The minimum atomic E-state index is -4.35. The van der Waals surface area contributed by atoms with E-state index in [1.54, 1.807) is 19.2 Å². The molecule has 5 nitrogen and oxygen atoms in total. The van der Waals surface area contributed by atoms with E-state index in [0.717, 1.165) is 18.9 Å². The van der Waals surface area contributed by atoms with Crippen molar-refractivity contribution in [1.29, 1.82) is 0 Å². The number of aromatic amines is 1. The van der Waals surface area contributed by atoms with Crippen LogP contribution < -0.4 is 11.0 Å². The summed E-state index contributed by atoms with van der Waals surface area (Å²) in [5.74, 6) is 0.288. The van der Waals surface area contributed by atoms with Crippen molar-refractivity contribution in [3.8, 4) is 0 Å². The molecular weight excluding hydrogens is 321 g/mol. The molecule has 0 spiro atoms. The van der Waals surface area contributed by atoms with Gasteiger partial charge in [0, 0.05) is 13.1 Å². The molecule has 24 heavy (non-hydrogen) atoms. The predicted octanol–water partition coefficient (Wildman–Crippen LogP) is 2.55. The molecule has 2 unspecified atom stereocenters. The summed E-state index contributed by atoms with van der Waals surface area (Å²) in [5, 5.41) is 7.28. The first-order valence-electron chi connectivity index (χ1n) is 7.88. The topological polar surface area (TPSA) is 62.7 Å². The van der Waals surface area contributed by atoms with Crippen LogP contribution in [0.15, 0.2) is 29.1 Å². The maximum atomic E-state index is 13.3. The Morgan fingerprint density at radius 2 is 2.08 bits per heavy atom. The van der Waals surface area contributed by atoms with Crippen LogP contribution in [0.4, 0.5) is 13.2 Å². The Balaban J connectivity index is 1.78. The van der Waals surface area contributed by atoms with Crippen molar-refractivity contribution in [1.82, 2.24) is 20.1 Å². The van der Waals surface area contributed by atoms with E-state index in [2.05, 4.69) is 15.4 Å². The predicted molar refractivity (Wildman–Crippen MR) is 82.5 cm³/mol. The summed E-state index contributed by atoms with van der Waals surface area (Å²) in [4.78, 5) is 14.0. The highest BCUT2D eigenvalue weighted by molar-refractivity contribution is 5.34. The number of H-pyrrole nitrogens is 1. The van der Waals surface area contributed by atoms with E-state index in [9.17, 15) is 18.0 Å². The van der Waals surface area contributed by atoms with E-state index in [-0.39, 0.29) is 17.6 Å². The second kappa shape index (κ2) is 6.43. The smallest absolute Gasteiger partial charge is 0.306 e. The van der Waals surface area contributed by atoms with Gasteiger partial charge in [0.15, 0.2) is 0 Å². The summed E-state index contributed by atoms with van der Waals surface area (Å²) in [6.07, 6.45) is -1.97. The molecule has 0 radical (unpaired) electrons. The number of benzene rings is 1. The summed E-state index contributed by atoms with van der Waals surface area (Å²) in [6, 6.07) is 5.70. The number of alkyl halides is 3. The van der Waals surface area contributed by atoms with Crippen LogP contribution in [0, 0.1) is 0 Å². The van der Waals surface area contributed by atoms with Crippen molar-refractivity contribution in [2.45, 2.75) is 43.9 Å². The lowest BCUT2D eigenvalue weighted by Crippen LogP contribution is -2.32. The third-order valence-corrected chi connectivity index (χ3v) is 4.53. The highest BCUT2D eigenvalue weighted by Gasteiger charge is 2.38. The number of nitrogens with zero attached hydrogens (tertiary/aromatic N) is 2. The highest BCUT2D eigenvalue weighted by Crippen LogP contribution is 2.41. The quantitative estimate of drug-likeness (QED) is 0.899. The Morgan fingerprint density at radius 3 is 2.75 bits per heavy atom. The van der Waals surface area contributed by atoms with Gasteiger partial charge in [-0.05, 0) is 30.4 Å². The van der Waals surface area contributed by atoms with Crippen molar-refractivity contribution in [3.63, 3.8) is 0 Å². The zero-order chi connectivity index (χ0) is 17.3. The van der Waals surface area contributed by atoms with Gasteiger partial charge in [-0.1, -0.05) is 24.6 Å². The molecule has 0 amide bonds. The Kier molecular flexibility index (Phi) is 4.49. The second-order valence-electron chi connectivity index (χ2n) is 6.11. The van der Waals surface area contributed by atoms with Crippen molar-refractivity contribution in [2.24, 2.45) is 7.05 Å². The van der Waals surface area contributed by atoms with Gasteiger partial charge in [-0.25, -0.2) is 9.48 Å². The van der Waals surface area contributed by atoms with Crippen LogP contribution in [0.25, 0.3) is 0 Å². The molecule has 2 aromatic rings. The fraction of sp³-hybridized carbons (Fsp3) is 0.500. The third-order valence-electron chi connectivity index (χ3n) is 4.53. The average molecular weight is 340 g/mol. The molecule has 1 saturated carbocycles. The van der Waals surface area contributed by atoms with E-state index in [4.69, 9.17) is 0 Å². The molecule has 0 bridgehead atoms. The monoisotopic (exact) mass is 340 g/mol. The van der Waals surface area contributed by atoms with Crippen LogP contribution in [0.2, 0.25) is 0 Å². The number of nitrogens with one attached hydrogen (secondary N) is 2. The van der Waals surface area contributed by atoms with Gasteiger partial charge in [0.2, 0.25) is 0 Å². The molecule has 1 aromatic heterocycles. The van der Waals surface area contributed by atoms with Crippen molar-refractivity contribution < 1.29 is 13.2 Å². The number of aromatic nitrogens is 3. The van der Waals surface area contributed by atoms with Gasteiger partial charge in [-0.2, -0.15) is 18.3 Å². The molecule has 130 valence electrons. The average Bonchev–Trinajstić information content (AvgIpc) is 3.11. The first kappa shape index (κ1) is 16.8. The Hall–Kier alpha value is -2.09. The molecule has 1 aromatic carbocycles. The summed E-state index contributed by atoms with van der Waals surface area (Å²) in [6.45, 7) is 0.325. The van der Waals surface area contributed by atoms with Gasteiger partial charge in [0.05, 0.1) is 12.1 Å². The van der Waals surface area contributed by atoms with Crippen LogP contribution in [-0.2, 0) is 19.8 Å². The number of rotatable bonds is 4. The first-order valence-corrected chi connectivity index (χ1v) is 7.88. The standard InChI is InChI=1S/C16H19F3N4O/c1-23-15(24)21-14(22-23)9-20-13-8-4-6-11(13)10-5-2-3-7-12(10)16(17,18)19/h2-3,5,7,11,13,20H,4,6,8-9H2,1H3,(H,21,22,24). The van der Waals surface area contributed by atoms with Gasteiger partial charge >= 0.3 is 11.9 Å². The van der Waals surface area contributed by atoms with Gasteiger partial charge < -0.3 is 5.32 Å². The van der Waals surface area contributed by atoms with Crippen LogP contribution >= 0.6 is 0 Å². The number of hydrogen-bond acceptors (Lipinski definition) is 3. The van der Waals surface area contributed by atoms with Crippen molar-refractivity contribution >= 4 is 0 Å². The number of aryl methyl sites for hydroxylation is 1. The third kappa shape index (κ3) is 3.38. The van der Waals surface area contributed by atoms with Gasteiger partial charge in [-0.3, -0.25) is 4.98 Å². The minimum absolute atomic E-state index is 0.0704. The highest BCUT2D eigenvalue weighted by atomic mass is 19.4. The molecule has 1 aliphatic carbocycles. The molecule has 1 fully saturated rings. The molecule has 2 atom stereocenters. The van der Waals surface area contributed by atoms with E-state index in [1.807, 2.05) is 0 Å². The summed E-state index contributed by atoms with van der Waals surface area (Å²) >= 11 is 0. The second-order valence-corrected chi connectivity index (χ2v) is 6.11. The number of halogens is 3. The van der Waals surface area contributed by atoms with Gasteiger partial charge in [-0.15, -0.1) is 0 Å². The molecule has 1 heterocycles. The van der Waals surface area contributed by atoms with Gasteiger partial charge in [0.25, 0.3) is 0 Å². The zero-order valence-corrected chi connectivity index (χ0v) is 13.2. The molecule has 1 aliphatic rings. The summed E-state index contributed by atoms with van der Waals surface area (Å²) < 4.78 is 41.0. The first-order chi connectivity index (χ1) is 11.4. The Morgan fingerprint density at radius 1 is 1.33 bits per heavy atom. The lowest BCUT2D eigenvalue weighted by atomic mass is 9.90. The summed E-state index contributed by atoms with van der Waals surface area (Å²) in [7, 11) is 1.54. The Labute approximate surface area is 136 Å². The van der Waals surface area contributed by atoms with Crippen LogP contribution in [0.1, 0.15) is 42.1 Å². The lowest BCUT2D eigenvalue weighted by molar-refractivity contribution is -0.138. The lowest BCUT2D eigenvalue weighted by Gasteiger charge is -2.24. The molecule has 3 rings (SSSR count). The maximum Gasteiger partial charge on any atom is 0.416 e. The Bertz CT molecular complexity index is 765. The molecule has 0 aliphatic heterocycles. The zero-order valence-electron chi connectivity index (χ0n) is 13.2. The van der Waals surface area contributed by atoms with Crippen molar-refractivity contribution in [2.75, 3.05) is 0 Å².